The second kappa shape index (κ2) is 10.7. The summed E-state index contributed by atoms with van der Waals surface area (Å²) in [5, 5.41) is 20.3. The average molecular weight is 493 g/mol. The van der Waals surface area contributed by atoms with Crippen molar-refractivity contribution < 1.29 is 33.7 Å². The Balaban J connectivity index is 1.40. The first kappa shape index (κ1) is 25.0. The lowest BCUT2D eigenvalue weighted by molar-refractivity contribution is -0.146. The Kier molecular flexibility index (Phi) is 7.40. The third kappa shape index (κ3) is 5.11. The van der Waals surface area contributed by atoms with Crippen LogP contribution in [0, 0.1) is 11.7 Å². The van der Waals surface area contributed by atoms with Crippen molar-refractivity contribution in [2.24, 2.45) is 5.92 Å². The van der Waals surface area contributed by atoms with Gasteiger partial charge < -0.3 is 14.9 Å². The SMILES string of the molecule is COc1ccc(-c2cc(CC[C@@H](O)[C@H](CCN3C(=O)c4ccccc4C3=O)C(=O)O)ccc2F)cn1. The molecular formula is C27H25FN2O6. The molecule has 2 heterocycles. The van der Waals surface area contributed by atoms with Crippen LogP contribution in [0.25, 0.3) is 11.1 Å². The number of ether oxygens (including phenoxy) is 1. The number of aliphatic hydroxyl groups excluding tert-OH is 1. The van der Waals surface area contributed by atoms with Crippen LogP contribution in [0.5, 0.6) is 5.88 Å². The summed E-state index contributed by atoms with van der Waals surface area (Å²) in [6, 6.07) is 14.3. The van der Waals surface area contributed by atoms with Gasteiger partial charge in [0.25, 0.3) is 11.8 Å². The number of carbonyl (C=O) groups is 3. The van der Waals surface area contributed by atoms with E-state index in [1.165, 1.54) is 19.4 Å². The van der Waals surface area contributed by atoms with Gasteiger partial charge >= 0.3 is 5.97 Å². The summed E-state index contributed by atoms with van der Waals surface area (Å²) in [4.78, 5) is 42.0. The minimum absolute atomic E-state index is 0.0891. The molecule has 36 heavy (non-hydrogen) atoms. The second-order valence-corrected chi connectivity index (χ2v) is 8.55. The number of hydrogen-bond donors (Lipinski definition) is 2. The number of aliphatic carboxylic acids is 1. The molecule has 0 aliphatic carbocycles. The fourth-order valence-electron chi connectivity index (χ4n) is 4.32. The van der Waals surface area contributed by atoms with Crippen molar-refractivity contribution in [3.05, 3.63) is 83.3 Å². The van der Waals surface area contributed by atoms with E-state index in [4.69, 9.17) is 4.74 Å². The lowest BCUT2D eigenvalue weighted by Crippen LogP contribution is -2.36. The smallest absolute Gasteiger partial charge is 0.309 e. The molecule has 0 radical (unpaired) electrons. The Bertz CT molecular complexity index is 1260. The number of aliphatic hydroxyl groups is 1. The minimum atomic E-state index is -1.23. The highest BCUT2D eigenvalue weighted by Gasteiger charge is 2.36. The van der Waals surface area contributed by atoms with E-state index in [1.54, 1.807) is 48.5 Å². The number of benzene rings is 2. The van der Waals surface area contributed by atoms with Crippen LogP contribution in [-0.4, -0.2) is 57.6 Å². The predicted molar refractivity (Wildman–Crippen MR) is 128 cm³/mol. The Labute approximate surface area is 207 Å². The van der Waals surface area contributed by atoms with Crippen molar-refractivity contribution in [1.82, 2.24) is 9.88 Å². The molecule has 1 aromatic heterocycles. The van der Waals surface area contributed by atoms with Gasteiger partial charge in [-0.25, -0.2) is 9.37 Å². The first-order valence-electron chi connectivity index (χ1n) is 11.4. The number of rotatable bonds is 10. The van der Waals surface area contributed by atoms with Crippen LogP contribution >= 0.6 is 0 Å². The largest absolute Gasteiger partial charge is 0.481 e. The first-order chi connectivity index (χ1) is 17.3. The Morgan fingerprint density at radius 3 is 2.31 bits per heavy atom. The summed E-state index contributed by atoms with van der Waals surface area (Å²) >= 11 is 0. The maximum atomic E-state index is 14.4. The number of aromatic nitrogens is 1. The second-order valence-electron chi connectivity index (χ2n) is 8.55. The van der Waals surface area contributed by atoms with Crippen molar-refractivity contribution in [2.75, 3.05) is 13.7 Å². The Morgan fingerprint density at radius 1 is 1.03 bits per heavy atom. The number of halogens is 1. The minimum Gasteiger partial charge on any atom is -0.481 e. The molecule has 4 rings (SSSR count). The van der Waals surface area contributed by atoms with Gasteiger partial charge in [0.1, 0.15) is 5.82 Å². The molecule has 0 saturated carbocycles. The molecule has 2 aromatic carbocycles. The number of nitrogens with zero attached hydrogens (tertiary/aromatic N) is 2. The maximum Gasteiger partial charge on any atom is 0.309 e. The van der Waals surface area contributed by atoms with Gasteiger partial charge in [0, 0.05) is 29.9 Å². The highest BCUT2D eigenvalue weighted by atomic mass is 19.1. The Morgan fingerprint density at radius 2 is 1.72 bits per heavy atom. The number of methoxy groups -OCH3 is 1. The lowest BCUT2D eigenvalue weighted by Gasteiger charge is -2.22. The molecule has 3 aromatic rings. The molecule has 0 bridgehead atoms. The molecule has 8 nitrogen and oxygen atoms in total. The van der Waals surface area contributed by atoms with E-state index in [2.05, 4.69) is 4.98 Å². The molecule has 1 aliphatic heterocycles. The van der Waals surface area contributed by atoms with Gasteiger partial charge in [0.15, 0.2) is 0 Å². The van der Waals surface area contributed by atoms with Crippen molar-refractivity contribution in [2.45, 2.75) is 25.4 Å². The number of carboxylic acids is 1. The standard InChI is InChI=1S/C27H25FN2O6/c1-36-24-11-8-17(15-29-24)21-14-16(6-9-22(21)28)7-10-23(31)20(27(34)35)12-13-30-25(32)18-4-2-3-5-19(18)26(30)33/h2-6,8-9,11,14-15,20,23,31H,7,10,12-13H2,1H3,(H,34,35)/t20-,23+/m0/s1. The molecule has 9 heteroatoms. The molecule has 1 aliphatic rings. The normalized spacial score (nSPS) is 14.5. The van der Waals surface area contributed by atoms with E-state index in [-0.39, 0.29) is 30.5 Å². The molecule has 0 spiro atoms. The van der Waals surface area contributed by atoms with E-state index >= 15 is 0 Å². The molecular weight excluding hydrogens is 467 g/mol. The molecule has 186 valence electrons. The molecule has 0 saturated heterocycles. The van der Waals surface area contributed by atoms with Gasteiger partial charge in [-0.2, -0.15) is 0 Å². The number of carboxylic acid groups (broad SMARTS) is 1. The van der Waals surface area contributed by atoms with Crippen LogP contribution in [0.1, 0.15) is 39.1 Å². The fourth-order valence-corrected chi connectivity index (χ4v) is 4.32. The number of carbonyl (C=O) groups excluding carboxylic acids is 2. The summed E-state index contributed by atoms with van der Waals surface area (Å²) < 4.78 is 19.5. The third-order valence-electron chi connectivity index (χ3n) is 6.34. The van der Waals surface area contributed by atoms with E-state index in [0.29, 0.717) is 29.0 Å². The predicted octanol–water partition coefficient (Wildman–Crippen LogP) is 3.58. The number of aryl methyl sites for hydroxylation is 1. The number of imide groups is 1. The number of pyridine rings is 1. The molecule has 2 atom stereocenters. The van der Waals surface area contributed by atoms with Crippen LogP contribution in [0.4, 0.5) is 4.39 Å². The van der Waals surface area contributed by atoms with Crippen LogP contribution in [0.2, 0.25) is 0 Å². The van der Waals surface area contributed by atoms with E-state index in [0.717, 1.165) is 4.90 Å². The summed E-state index contributed by atoms with van der Waals surface area (Å²) in [7, 11) is 1.48. The van der Waals surface area contributed by atoms with Gasteiger partial charge in [-0.05, 0) is 55.2 Å². The number of fused-ring (bicyclic) bond motifs is 1. The third-order valence-corrected chi connectivity index (χ3v) is 6.34. The monoisotopic (exact) mass is 492 g/mol. The van der Waals surface area contributed by atoms with Crippen LogP contribution < -0.4 is 4.74 Å². The summed E-state index contributed by atoms with van der Waals surface area (Å²) in [5.74, 6) is -3.37. The van der Waals surface area contributed by atoms with E-state index < -0.39 is 35.6 Å². The van der Waals surface area contributed by atoms with Crippen molar-refractivity contribution in [3.63, 3.8) is 0 Å². The van der Waals surface area contributed by atoms with Crippen molar-refractivity contribution in [1.29, 1.82) is 0 Å². The van der Waals surface area contributed by atoms with Gasteiger partial charge in [-0.3, -0.25) is 19.3 Å². The molecule has 2 N–H and O–H groups in total. The molecule has 0 unspecified atom stereocenters. The van der Waals surface area contributed by atoms with Crippen LogP contribution in [0.3, 0.4) is 0 Å². The zero-order chi connectivity index (χ0) is 25.8. The first-order valence-corrected chi connectivity index (χ1v) is 11.4. The van der Waals surface area contributed by atoms with Crippen molar-refractivity contribution in [3.8, 4) is 17.0 Å². The van der Waals surface area contributed by atoms with Gasteiger partial charge in [-0.15, -0.1) is 0 Å². The van der Waals surface area contributed by atoms with E-state index in [9.17, 15) is 29.0 Å². The van der Waals surface area contributed by atoms with E-state index in [1.807, 2.05) is 0 Å². The molecule has 0 fully saturated rings. The topological polar surface area (TPSA) is 117 Å². The molecule has 2 amide bonds. The van der Waals surface area contributed by atoms with Gasteiger partial charge in [0.2, 0.25) is 5.88 Å². The lowest BCUT2D eigenvalue weighted by atomic mass is 9.92. The average Bonchev–Trinajstić information content (AvgIpc) is 3.13. The Hall–Kier alpha value is -4.11. The van der Waals surface area contributed by atoms with Crippen LogP contribution in [-0.2, 0) is 11.2 Å². The van der Waals surface area contributed by atoms with Gasteiger partial charge in [0.05, 0.1) is 30.3 Å². The highest BCUT2D eigenvalue weighted by molar-refractivity contribution is 6.21. The zero-order valence-corrected chi connectivity index (χ0v) is 19.6. The quantitative estimate of drug-likeness (QED) is 0.416. The number of hydrogen-bond acceptors (Lipinski definition) is 6. The van der Waals surface area contributed by atoms with Crippen LogP contribution in [0.15, 0.2) is 60.8 Å². The van der Waals surface area contributed by atoms with Gasteiger partial charge in [-0.1, -0.05) is 18.2 Å². The summed E-state index contributed by atoms with van der Waals surface area (Å²) in [5.41, 5.74) is 2.17. The number of amides is 2. The summed E-state index contributed by atoms with van der Waals surface area (Å²) in [6.07, 6.45) is 0.581. The summed E-state index contributed by atoms with van der Waals surface area (Å²) in [6.45, 7) is -0.120. The maximum absolute atomic E-state index is 14.4. The highest BCUT2D eigenvalue weighted by Crippen LogP contribution is 2.27. The zero-order valence-electron chi connectivity index (χ0n) is 19.6. The fraction of sp³-hybridized carbons (Fsp3) is 0.259. The van der Waals surface area contributed by atoms with Crippen molar-refractivity contribution >= 4 is 17.8 Å².